The van der Waals surface area contributed by atoms with Gasteiger partial charge in [0, 0.05) is 32.6 Å². The van der Waals surface area contributed by atoms with Crippen molar-refractivity contribution in [3.05, 3.63) is 0 Å². The van der Waals surface area contributed by atoms with Crippen molar-refractivity contribution in [2.45, 2.75) is 46.0 Å². The zero-order valence-corrected chi connectivity index (χ0v) is 13.4. The smallest absolute Gasteiger partial charge is 0.227 e. The zero-order chi connectivity index (χ0) is 15.5. The number of carbonyl (C=O) groups is 2. The molecular formula is C16H29N3O2. The van der Waals surface area contributed by atoms with Crippen LogP contribution in [0.15, 0.2) is 0 Å². The second kappa shape index (κ2) is 6.77. The summed E-state index contributed by atoms with van der Waals surface area (Å²) in [5, 5.41) is 0. The summed E-state index contributed by atoms with van der Waals surface area (Å²) in [7, 11) is 0. The Labute approximate surface area is 127 Å². The molecule has 2 heterocycles. The quantitative estimate of drug-likeness (QED) is 0.848. The molecule has 0 spiro atoms. The van der Waals surface area contributed by atoms with Crippen LogP contribution in [0.3, 0.4) is 0 Å². The highest BCUT2D eigenvalue weighted by Crippen LogP contribution is 2.30. The maximum Gasteiger partial charge on any atom is 0.227 e. The highest BCUT2D eigenvalue weighted by molar-refractivity contribution is 5.81. The Morgan fingerprint density at radius 1 is 1.29 bits per heavy atom. The van der Waals surface area contributed by atoms with Crippen LogP contribution in [0.4, 0.5) is 0 Å². The molecule has 0 aromatic heterocycles. The average molecular weight is 295 g/mol. The first-order chi connectivity index (χ1) is 9.99. The molecule has 0 saturated carbocycles. The lowest BCUT2D eigenvalue weighted by Gasteiger charge is -2.34. The maximum atomic E-state index is 12.7. The summed E-state index contributed by atoms with van der Waals surface area (Å²) in [5.41, 5.74) is 5.88. The highest BCUT2D eigenvalue weighted by Gasteiger charge is 2.38. The van der Waals surface area contributed by atoms with Gasteiger partial charge in [0.2, 0.25) is 11.8 Å². The molecule has 0 aliphatic carbocycles. The third-order valence-electron chi connectivity index (χ3n) is 4.95. The first-order valence-corrected chi connectivity index (χ1v) is 8.26. The van der Waals surface area contributed by atoms with Gasteiger partial charge in [0.25, 0.3) is 0 Å². The predicted molar refractivity (Wildman–Crippen MR) is 82.6 cm³/mol. The summed E-state index contributed by atoms with van der Waals surface area (Å²) in [6.07, 6.45) is 4.30. The summed E-state index contributed by atoms with van der Waals surface area (Å²) in [4.78, 5) is 28.5. The molecule has 0 aromatic rings. The number of rotatable bonds is 4. The SMILES string of the molecule is CCCC(=O)N1CCCC(C(=O)N2CCC(C)(CN)C2)C1. The lowest BCUT2D eigenvalue weighted by molar-refractivity contribution is -0.140. The monoisotopic (exact) mass is 295 g/mol. The fourth-order valence-electron chi connectivity index (χ4n) is 3.41. The molecule has 2 aliphatic heterocycles. The summed E-state index contributed by atoms with van der Waals surface area (Å²) in [5.74, 6) is 0.407. The fraction of sp³-hybridized carbons (Fsp3) is 0.875. The van der Waals surface area contributed by atoms with E-state index in [0.29, 0.717) is 19.5 Å². The Kier molecular flexibility index (Phi) is 5.25. The van der Waals surface area contributed by atoms with Gasteiger partial charge in [-0.2, -0.15) is 0 Å². The topological polar surface area (TPSA) is 66.6 Å². The van der Waals surface area contributed by atoms with Crippen molar-refractivity contribution in [3.8, 4) is 0 Å². The lowest BCUT2D eigenvalue weighted by Crippen LogP contribution is -2.46. The summed E-state index contributed by atoms with van der Waals surface area (Å²) in [6.45, 7) is 7.79. The minimum Gasteiger partial charge on any atom is -0.342 e. The summed E-state index contributed by atoms with van der Waals surface area (Å²) < 4.78 is 0. The Morgan fingerprint density at radius 2 is 2.05 bits per heavy atom. The second-order valence-corrected chi connectivity index (χ2v) is 6.95. The molecule has 21 heavy (non-hydrogen) atoms. The standard InChI is InChI=1S/C16H29N3O2/c1-3-5-14(20)18-8-4-6-13(10-18)15(21)19-9-7-16(2,11-17)12-19/h13H,3-12,17H2,1-2H3. The van der Waals surface area contributed by atoms with E-state index < -0.39 is 0 Å². The van der Waals surface area contributed by atoms with Gasteiger partial charge in [0.15, 0.2) is 0 Å². The van der Waals surface area contributed by atoms with E-state index in [1.54, 1.807) is 0 Å². The van der Waals surface area contributed by atoms with Gasteiger partial charge in [-0.3, -0.25) is 9.59 Å². The molecule has 5 heteroatoms. The zero-order valence-electron chi connectivity index (χ0n) is 13.4. The molecule has 2 amide bonds. The third kappa shape index (κ3) is 3.76. The second-order valence-electron chi connectivity index (χ2n) is 6.95. The van der Waals surface area contributed by atoms with E-state index in [4.69, 9.17) is 5.73 Å². The van der Waals surface area contributed by atoms with Crippen molar-refractivity contribution in [3.63, 3.8) is 0 Å². The van der Waals surface area contributed by atoms with Gasteiger partial charge in [-0.15, -0.1) is 0 Å². The average Bonchev–Trinajstić information content (AvgIpc) is 2.90. The summed E-state index contributed by atoms with van der Waals surface area (Å²) >= 11 is 0. The van der Waals surface area contributed by atoms with Crippen molar-refractivity contribution in [1.29, 1.82) is 0 Å². The molecule has 0 aromatic carbocycles. The molecule has 2 N–H and O–H groups in total. The molecule has 2 fully saturated rings. The molecule has 2 unspecified atom stereocenters. The van der Waals surface area contributed by atoms with Crippen molar-refractivity contribution < 1.29 is 9.59 Å². The molecule has 2 aliphatic rings. The van der Waals surface area contributed by atoms with Gasteiger partial charge in [-0.1, -0.05) is 13.8 Å². The number of amides is 2. The Morgan fingerprint density at radius 3 is 2.67 bits per heavy atom. The highest BCUT2D eigenvalue weighted by atomic mass is 16.2. The maximum absolute atomic E-state index is 12.7. The van der Waals surface area contributed by atoms with Crippen LogP contribution in [-0.2, 0) is 9.59 Å². The summed E-state index contributed by atoms with van der Waals surface area (Å²) in [6, 6.07) is 0. The van der Waals surface area contributed by atoms with Crippen molar-refractivity contribution >= 4 is 11.8 Å². The van der Waals surface area contributed by atoms with Crippen LogP contribution in [0.5, 0.6) is 0 Å². The normalized spacial score (nSPS) is 29.8. The van der Waals surface area contributed by atoms with Crippen LogP contribution >= 0.6 is 0 Å². The van der Waals surface area contributed by atoms with Crippen LogP contribution in [0.2, 0.25) is 0 Å². The van der Waals surface area contributed by atoms with Gasteiger partial charge >= 0.3 is 0 Å². The van der Waals surface area contributed by atoms with Crippen molar-refractivity contribution in [1.82, 2.24) is 9.80 Å². The van der Waals surface area contributed by atoms with E-state index in [2.05, 4.69) is 6.92 Å². The van der Waals surface area contributed by atoms with Gasteiger partial charge in [0.1, 0.15) is 0 Å². The van der Waals surface area contributed by atoms with E-state index in [1.165, 1.54) is 0 Å². The van der Waals surface area contributed by atoms with Crippen LogP contribution < -0.4 is 5.73 Å². The number of nitrogens with two attached hydrogens (primary N) is 1. The Bertz CT molecular complexity index is 399. The number of hydrogen-bond donors (Lipinski definition) is 1. The minimum atomic E-state index is -0.0142. The Hall–Kier alpha value is -1.10. The van der Waals surface area contributed by atoms with Gasteiger partial charge in [-0.05, 0) is 37.6 Å². The largest absolute Gasteiger partial charge is 0.342 e. The van der Waals surface area contributed by atoms with Gasteiger partial charge < -0.3 is 15.5 Å². The molecule has 0 radical (unpaired) electrons. The van der Waals surface area contributed by atoms with Crippen LogP contribution in [0, 0.1) is 11.3 Å². The van der Waals surface area contributed by atoms with Crippen LogP contribution in [-0.4, -0.2) is 54.3 Å². The fourth-order valence-corrected chi connectivity index (χ4v) is 3.41. The van der Waals surface area contributed by atoms with Gasteiger partial charge in [0.05, 0.1) is 5.92 Å². The number of carbonyl (C=O) groups excluding carboxylic acids is 2. The minimum absolute atomic E-state index is 0.0142. The third-order valence-corrected chi connectivity index (χ3v) is 4.95. The number of likely N-dealkylation sites (tertiary alicyclic amines) is 2. The Balaban J connectivity index is 1.92. The first-order valence-electron chi connectivity index (χ1n) is 8.26. The lowest BCUT2D eigenvalue weighted by atomic mass is 9.90. The molecule has 120 valence electrons. The molecular weight excluding hydrogens is 266 g/mol. The number of piperidine rings is 1. The van der Waals surface area contributed by atoms with E-state index in [9.17, 15) is 9.59 Å². The first kappa shape index (κ1) is 16.3. The molecule has 5 nitrogen and oxygen atoms in total. The number of nitrogens with zero attached hydrogens (tertiary/aromatic N) is 2. The van der Waals surface area contributed by atoms with Crippen LogP contribution in [0.1, 0.15) is 46.0 Å². The van der Waals surface area contributed by atoms with Crippen molar-refractivity contribution in [2.75, 3.05) is 32.7 Å². The van der Waals surface area contributed by atoms with E-state index in [0.717, 1.165) is 45.3 Å². The molecule has 2 atom stereocenters. The van der Waals surface area contributed by atoms with Gasteiger partial charge in [-0.25, -0.2) is 0 Å². The number of hydrogen-bond acceptors (Lipinski definition) is 3. The van der Waals surface area contributed by atoms with E-state index >= 15 is 0 Å². The van der Waals surface area contributed by atoms with E-state index in [-0.39, 0.29) is 23.1 Å². The van der Waals surface area contributed by atoms with E-state index in [1.807, 2.05) is 16.7 Å². The molecule has 2 rings (SSSR count). The molecule has 0 bridgehead atoms. The molecule has 2 saturated heterocycles. The predicted octanol–water partition coefficient (Wildman–Crippen LogP) is 1.22. The van der Waals surface area contributed by atoms with Crippen molar-refractivity contribution in [2.24, 2.45) is 17.1 Å². The van der Waals surface area contributed by atoms with Crippen LogP contribution in [0.25, 0.3) is 0 Å².